The third kappa shape index (κ3) is 4.46. The molecule has 160 valence electrons. The normalized spacial score (nSPS) is 16.9. The van der Waals surface area contributed by atoms with Crippen molar-refractivity contribution in [2.75, 3.05) is 16.2 Å². The number of rotatable bonds is 5. The number of sulfonamides is 1. The van der Waals surface area contributed by atoms with E-state index in [4.69, 9.17) is 0 Å². The summed E-state index contributed by atoms with van der Waals surface area (Å²) in [7, 11) is -3.68. The fourth-order valence-electron chi connectivity index (χ4n) is 4.28. The zero-order valence-electron chi connectivity index (χ0n) is 17.4. The summed E-state index contributed by atoms with van der Waals surface area (Å²) in [5.74, 6) is 0. The molecule has 0 radical (unpaired) electrons. The Hall–Kier alpha value is -2.54. The molecule has 0 aromatic heterocycles. The highest BCUT2D eigenvalue weighted by atomic mass is 32.2. The Bertz CT molecular complexity index is 1010. The molecule has 4 rings (SSSR count). The standard InChI is InChI=1S/C23H29N3O3S/c1-2-17-8-10-20(11-9-17)25-30(28,29)21-12-13-22-18(16-21)14-15-26(22)23(27)24-19-6-4-3-5-7-19/h8-13,16,19,25H,2-7,14-15H2,1H3,(H,24,27). The van der Waals surface area contributed by atoms with Crippen LogP contribution in [0.25, 0.3) is 0 Å². The largest absolute Gasteiger partial charge is 0.335 e. The van der Waals surface area contributed by atoms with Crippen LogP contribution in [-0.4, -0.2) is 27.0 Å². The van der Waals surface area contributed by atoms with Crippen molar-refractivity contribution in [2.24, 2.45) is 0 Å². The molecule has 6 nitrogen and oxygen atoms in total. The number of carbonyl (C=O) groups is 1. The van der Waals surface area contributed by atoms with Gasteiger partial charge in [-0.1, -0.05) is 38.3 Å². The van der Waals surface area contributed by atoms with Crippen LogP contribution in [0.2, 0.25) is 0 Å². The third-order valence-corrected chi connectivity index (χ3v) is 7.43. The molecule has 2 aromatic rings. The van der Waals surface area contributed by atoms with Crippen molar-refractivity contribution >= 4 is 27.4 Å². The average molecular weight is 428 g/mol. The first kappa shape index (κ1) is 20.7. The highest BCUT2D eigenvalue weighted by molar-refractivity contribution is 7.92. The topological polar surface area (TPSA) is 78.5 Å². The van der Waals surface area contributed by atoms with Crippen LogP contribution in [0.4, 0.5) is 16.2 Å². The molecule has 30 heavy (non-hydrogen) atoms. The first-order valence-corrected chi connectivity index (χ1v) is 12.3. The number of benzene rings is 2. The summed E-state index contributed by atoms with van der Waals surface area (Å²) in [5, 5.41) is 3.14. The van der Waals surface area contributed by atoms with E-state index in [-0.39, 0.29) is 17.0 Å². The van der Waals surface area contributed by atoms with Crippen LogP contribution in [0.1, 0.15) is 50.2 Å². The van der Waals surface area contributed by atoms with Crippen molar-refractivity contribution in [2.45, 2.75) is 62.8 Å². The summed E-state index contributed by atoms with van der Waals surface area (Å²) in [4.78, 5) is 14.7. The van der Waals surface area contributed by atoms with E-state index >= 15 is 0 Å². The minimum absolute atomic E-state index is 0.0783. The predicted molar refractivity (Wildman–Crippen MR) is 120 cm³/mol. The van der Waals surface area contributed by atoms with Crippen molar-refractivity contribution in [1.29, 1.82) is 0 Å². The van der Waals surface area contributed by atoms with Crippen molar-refractivity contribution in [3.05, 3.63) is 53.6 Å². The maximum absolute atomic E-state index is 12.8. The molecule has 2 aromatic carbocycles. The molecule has 1 saturated carbocycles. The quantitative estimate of drug-likeness (QED) is 0.740. The third-order valence-electron chi connectivity index (χ3n) is 6.05. The Morgan fingerprint density at radius 3 is 2.50 bits per heavy atom. The maximum atomic E-state index is 12.8. The van der Waals surface area contributed by atoms with Crippen LogP contribution < -0.4 is 14.9 Å². The van der Waals surface area contributed by atoms with Crippen molar-refractivity contribution in [1.82, 2.24) is 5.32 Å². The van der Waals surface area contributed by atoms with Gasteiger partial charge in [-0.05, 0) is 67.1 Å². The second-order valence-corrected chi connectivity index (χ2v) is 9.81. The Labute approximate surface area is 178 Å². The van der Waals surface area contributed by atoms with Crippen LogP contribution in [0, 0.1) is 0 Å². The van der Waals surface area contributed by atoms with Gasteiger partial charge in [0.1, 0.15) is 0 Å². The summed E-state index contributed by atoms with van der Waals surface area (Å²) >= 11 is 0. The van der Waals surface area contributed by atoms with Crippen LogP contribution >= 0.6 is 0 Å². The van der Waals surface area contributed by atoms with E-state index in [0.717, 1.165) is 48.9 Å². The number of urea groups is 1. The van der Waals surface area contributed by atoms with Crippen molar-refractivity contribution < 1.29 is 13.2 Å². The maximum Gasteiger partial charge on any atom is 0.322 e. The summed E-state index contributed by atoms with van der Waals surface area (Å²) in [6, 6.07) is 12.6. The van der Waals surface area contributed by atoms with Gasteiger partial charge in [-0.15, -0.1) is 0 Å². The SMILES string of the molecule is CCc1ccc(NS(=O)(=O)c2ccc3c(c2)CCN3C(=O)NC2CCCCC2)cc1. The summed E-state index contributed by atoms with van der Waals surface area (Å²) in [5.41, 5.74) is 3.39. The molecule has 1 fully saturated rings. The lowest BCUT2D eigenvalue weighted by Crippen LogP contribution is -2.45. The van der Waals surface area contributed by atoms with E-state index in [1.54, 1.807) is 35.2 Å². The highest BCUT2D eigenvalue weighted by Crippen LogP contribution is 2.31. The molecule has 1 heterocycles. The zero-order chi connectivity index (χ0) is 21.1. The predicted octanol–water partition coefficient (Wildman–Crippen LogP) is 4.45. The van der Waals surface area contributed by atoms with E-state index in [0.29, 0.717) is 18.7 Å². The van der Waals surface area contributed by atoms with Gasteiger partial charge in [-0.3, -0.25) is 9.62 Å². The molecular weight excluding hydrogens is 398 g/mol. The summed E-state index contributed by atoms with van der Waals surface area (Å²) in [6.07, 6.45) is 7.20. The second-order valence-electron chi connectivity index (χ2n) is 8.13. The van der Waals surface area contributed by atoms with Gasteiger partial charge in [-0.2, -0.15) is 0 Å². The lowest BCUT2D eigenvalue weighted by Gasteiger charge is -2.26. The Morgan fingerprint density at radius 1 is 1.07 bits per heavy atom. The van der Waals surface area contributed by atoms with Gasteiger partial charge in [0.15, 0.2) is 0 Å². The van der Waals surface area contributed by atoms with Crippen molar-refractivity contribution in [3.63, 3.8) is 0 Å². The minimum Gasteiger partial charge on any atom is -0.335 e. The number of hydrogen-bond acceptors (Lipinski definition) is 3. The van der Waals surface area contributed by atoms with E-state index in [1.165, 1.54) is 6.42 Å². The molecule has 0 saturated heterocycles. The summed E-state index contributed by atoms with van der Waals surface area (Å²) in [6.45, 7) is 2.63. The molecule has 0 atom stereocenters. The van der Waals surface area contributed by atoms with E-state index in [9.17, 15) is 13.2 Å². The van der Waals surface area contributed by atoms with Gasteiger partial charge in [-0.25, -0.2) is 13.2 Å². The zero-order valence-corrected chi connectivity index (χ0v) is 18.2. The van der Waals surface area contributed by atoms with Crippen LogP contribution in [0.3, 0.4) is 0 Å². The van der Waals surface area contributed by atoms with E-state index in [2.05, 4.69) is 17.0 Å². The van der Waals surface area contributed by atoms with Gasteiger partial charge in [0.25, 0.3) is 10.0 Å². The Balaban J connectivity index is 1.47. The van der Waals surface area contributed by atoms with Crippen LogP contribution in [0.15, 0.2) is 47.4 Å². The number of hydrogen-bond donors (Lipinski definition) is 2. The van der Waals surface area contributed by atoms with Gasteiger partial charge < -0.3 is 5.32 Å². The molecule has 1 aliphatic heterocycles. The lowest BCUT2D eigenvalue weighted by atomic mass is 9.96. The fraction of sp³-hybridized carbons (Fsp3) is 0.435. The minimum atomic E-state index is -3.68. The van der Waals surface area contributed by atoms with Gasteiger partial charge in [0.05, 0.1) is 4.90 Å². The van der Waals surface area contributed by atoms with Crippen molar-refractivity contribution in [3.8, 4) is 0 Å². The molecule has 0 spiro atoms. The molecule has 0 unspecified atom stereocenters. The average Bonchev–Trinajstić information content (AvgIpc) is 3.18. The number of aryl methyl sites for hydroxylation is 1. The number of fused-ring (bicyclic) bond motifs is 1. The smallest absolute Gasteiger partial charge is 0.322 e. The lowest BCUT2D eigenvalue weighted by molar-refractivity contribution is 0.238. The summed E-state index contributed by atoms with van der Waals surface area (Å²) < 4.78 is 28.3. The molecule has 2 N–H and O–H groups in total. The number of nitrogens with one attached hydrogen (secondary N) is 2. The first-order chi connectivity index (χ1) is 14.5. The number of amides is 2. The highest BCUT2D eigenvalue weighted by Gasteiger charge is 2.28. The second kappa shape index (κ2) is 8.68. The molecular formula is C23H29N3O3S. The molecule has 2 amide bonds. The van der Waals surface area contributed by atoms with Gasteiger partial charge in [0.2, 0.25) is 0 Å². The van der Waals surface area contributed by atoms with E-state index in [1.807, 2.05) is 12.1 Å². The number of carbonyl (C=O) groups excluding carboxylic acids is 1. The van der Waals surface area contributed by atoms with Crippen LogP contribution in [-0.2, 0) is 22.9 Å². The monoisotopic (exact) mass is 427 g/mol. The number of nitrogens with zero attached hydrogens (tertiary/aromatic N) is 1. The first-order valence-electron chi connectivity index (χ1n) is 10.8. The molecule has 0 bridgehead atoms. The Morgan fingerprint density at radius 2 is 1.80 bits per heavy atom. The van der Waals surface area contributed by atoms with Gasteiger partial charge in [0, 0.05) is 24.0 Å². The fourth-order valence-corrected chi connectivity index (χ4v) is 5.39. The number of anilines is 2. The van der Waals surface area contributed by atoms with E-state index < -0.39 is 10.0 Å². The van der Waals surface area contributed by atoms with Crippen LogP contribution in [0.5, 0.6) is 0 Å². The molecule has 2 aliphatic rings. The molecule has 1 aliphatic carbocycles. The molecule has 7 heteroatoms. The Kier molecular flexibility index (Phi) is 5.99. The van der Waals surface area contributed by atoms with Gasteiger partial charge >= 0.3 is 6.03 Å².